The molecule has 2 amide bonds. The Bertz CT molecular complexity index is 1510. The number of aryl methyl sites for hydroxylation is 3. The van der Waals surface area contributed by atoms with Gasteiger partial charge in [-0.15, -0.1) is 0 Å². The summed E-state index contributed by atoms with van der Waals surface area (Å²) in [7, 11) is -4.11. The summed E-state index contributed by atoms with van der Waals surface area (Å²) < 4.78 is 29.6. The summed E-state index contributed by atoms with van der Waals surface area (Å²) in [5.74, 6) is -0.614. The molecule has 8 heteroatoms. The Morgan fingerprint density at radius 1 is 0.860 bits per heavy atom. The zero-order valence-electron chi connectivity index (χ0n) is 26.1. The van der Waals surface area contributed by atoms with Crippen molar-refractivity contribution in [3.8, 4) is 0 Å². The predicted molar refractivity (Wildman–Crippen MR) is 172 cm³/mol. The Morgan fingerprint density at radius 3 is 2.07 bits per heavy atom. The summed E-state index contributed by atoms with van der Waals surface area (Å²) in [6.45, 7) is 9.34. The normalized spacial score (nSPS) is 14.6. The van der Waals surface area contributed by atoms with Crippen LogP contribution in [0.1, 0.15) is 73.3 Å². The van der Waals surface area contributed by atoms with Crippen molar-refractivity contribution in [3.05, 3.63) is 94.5 Å². The summed E-state index contributed by atoms with van der Waals surface area (Å²) in [4.78, 5) is 29.7. The fourth-order valence-electron chi connectivity index (χ4n) is 5.71. The highest BCUT2D eigenvalue weighted by Gasteiger charge is 2.35. The molecule has 230 valence electrons. The van der Waals surface area contributed by atoms with E-state index in [0.29, 0.717) is 12.1 Å². The van der Waals surface area contributed by atoms with Crippen molar-refractivity contribution in [1.29, 1.82) is 0 Å². The molecule has 0 aromatic heterocycles. The second kappa shape index (κ2) is 14.2. The summed E-state index contributed by atoms with van der Waals surface area (Å²) in [5, 5.41) is 3.20. The molecule has 0 unspecified atom stereocenters. The number of nitrogens with zero attached hydrogens (tertiary/aromatic N) is 2. The van der Waals surface area contributed by atoms with Crippen LogP contribution in [0.25, 0.3) is 0 Å². The lowest BCUT2D eigenvalue weighted by atomic mass is 9.95. The van der Waals surface area contributed by atoms with Crippen LogP contribution in [0.5, 0.6) is 0 Å². The van der Waals surface area contributed by atoms with Crippen molar-refractivity contribution < 1.29 is 18.0 Å². The highest BCUT2D eigenvalue weighted by Crippen LogP contribution is 2.29. The number of hydrogen-bond donors (Lipinski definition) is 1. The molecule has 1 fully saturated rings. The van der Waals surface area contributed by atoms with Gasteiger partial charge in [-0.2, -0.15) is 0 Å². The number of nitrogens with one attached hydrogen (secondary N) is 1. The van der Waals surface area contributed by atoms with Gasteiger partial charge in [-0.1, -0.05) is 85.8 Å². The highest BCUT2D eigenvalue weighted by molar-refractivity contribution is 7.92. The van der Waals surface area contributed by atoms with E-state index in [9.17, 15) is 18.0 Å². The van der Waals surface area contributed by atoms with Crippen molar-refractivity contribution in [3.63, 3.8) is 0 Å². The van der Waals surface area contributed by atoms with Crippen LogP contribution in [-0.4, -0.2) is 43.8 Å². The molecule has 0 saturated heterocycles. The summed E-state index contributed by atoms with van der Waals surface area (Å²) in [6.07, 6.45) is 5.60. The molecule has 0 heterocycles. The first kappa shape index (κ1) is 32.3. The Balaban J connectivity index is 1.73. The molecule has 43 heavy (non-hydrogen) atoms. The van der Waals surface area contributed by atoms with Crippen LogP contribution in [0.2, 0.25) is 0 Å². The van der Waals surface area contributed by atoms with Crippen LogP contribution in [0.4, 0.5) is 5.69 Å². The van der Waals surface area contributed by atoms with Crippen LogP contribution in [0.15, 0.2) is 71.6 Å². The SMILES string of the molecule is CC[C@H](C(=O)NC1CCCCC1)N(Cc1ccc(C)cc1)C(=O)CN(c1cccc(C)c1C)S(=O)(=O)c1ccc(C)cc1. The second-order valence-corrected chi connectivity index (χ2v) is 13.7. The van der Waals surface area contributed by atoms with Gasteiger partial charge in [0.25, 0.3) is 10.0 Å². The van der Waals surface area contributed by atoms with Crippen LogP contribution < -0.4 is 9.62 Å². The van der Waals surface area contributed by atoms with Gasteiger partial charge in [0.15, 0.2) is 0 Å². The number of carbonyl (C=O) groups excluding carboxylic acids is 2. The largest absolute Gasteiger partial charge is 0.352 e. The summed E-state index contributed by atoms with van der Waals surface area (Å²) in [5.41, 5.74) is 5.05. The quantitative estimate of drug-likeness (QED) is 0.276. The maximum atomic E-state index is 14.4. The molecule has 0 radical (unpaired) electrons. The zero-order chi connectivity index (χ0) is 31.1. The van der Waals surface area contributed by atoms with Gasteiger partial charge in [0.05, 0.1) is 10.6 Å². The maximum Gasteiger partial charge on any atom is 0.264 e. The fraction of sp³-hybridized carbons (Fsp3) is 0.429. The molecule has 1 saturated carbocycles. The van der Waals surface area contributed by atoms with E-state index in [4.69, 9.17) is 0 Å². The smallest absolute Gasteiger partial charge is 0.264 e. The van der Waals surface area contributed by atoms with E-state index in [-0.39, 0.29) is 23.4 Å². The molecule has 3 aromatic carbocycles. The van der Waals surface area contributed by atoms with E-state index in [2.05, 4.69) is 5.32 Å². The number of benzene rings is 3. The van der Waals surface area contributed by atoms with E-state index >= 15 is 0 Å². The van der Waals surface area contributed by atoms with Crippen LogP contribution in [0.3, 0.4) is 0 Å². The minimum atomic E-state index is -4.11. The van der Waals surface area contributed by atoms with Crippen molar-refractivity contribution >= 4 is 27.5 Å². The topological polar surface area (TPSA) is 86.8 Å². The van der Waals surface area contributed by atoms with Gasteiger partial charge in [0, 0.05) is 12.6 Å². The zero-order valence-corrected chi connectivity index (χ0v) is 26.9. The third kappa shape index (κ3) is 7.85. The molecule has 3 aromatic rings. The molecule has 0 spiro atoms. The number of rotatable bonds is 11. The van der Waals surface area contributed by atoms with E-state index in [1.54, 1.807) is 41.3 Å². The number of amides is 2. The van der Waals surface area contributed by atoms with Gasteiger partial charge in [0.1, 0.15) is 12.6 Å². The monoisotopic (exact) mass is 603 g/mol. The van der Waals surface area contributed by atoms with Gasteiger partial charge in [0.2, 0.25) is 11.8 Å². The molecule has 0 aliphatic heterocycles. The van der Waals surface area contributed by atoms with Crippen molar-refractivity contribution in [2.24, 2.45) is 0 Å². The molecular weight excluding hydrogens is 558 g/mol. The van der Waals surface area contributed by atoms with Crippen LogP contribution in [-0.2, 0) is 26.2 Å². The van der Waals surface area contributed by atoms with Gasteiger partial charge in [-0.3, -0.25) is 13.9 Å². The second-order valence-electron chi connectivity index (χ2n) is 11.8. The van der Waals surface area contributed by atoms with Crippen molar-refractivity contribution in [2.75, 3.05) is 10.8 Å². The third-order valence-electron chi connectivity index (χ3n) is 8.54. The number of sulfonamides is 1. The summed E-state index contributed by atoms with van der Waals surface area (Å²) >= 11 is 0. The van der Waals surface area contributed by atoms with E-state index in [0.717, 1.165) is 53.5 Å². The number of carbonyl (C=O) groups is 2. The Kier molecular flexibility index (Phi) is 10.7. The van der Waals surface area contributed by atoms with Gasteiger partial charge < -0.3 is 10.2 Å². The Morgan fingerprint density at radius 2 is 1.47 bits per heavy atom. The molecule has 1 aliphatic rings. The lowest BCUT2D eigenvalue weighted by Crippen LogP contribution is -2.54. The van der Waals surface area contributed by atoms with Crippen molar-refractivity contribution in [2.45, 2.75) is 96.7 Å². The van der Waals surface area contributed by atoms with Gasteiger partial charge in [-0.25, -0.2) is 8.42 Å². The minimum Gasteiger partial charge on any atom is -0.352 e. The average Bonchev–Trinajstić information content (AvgIpc) is 2.99. The standard InChI is InChI=1S/C35H45N3O4S/c1-6-32(35(40)36-30-12-8-7-9-13-30)37(23-29-19-15-25(2)16-20-29)34(39)24-38(33-14-10-11-27(4)28(33)5)43(41,42)31-21-17-26(3)18-22-31/h10-11,14-22,30,32H,6-9,12-13,23-24H2,1-5H3,(H,36,40)/t32-/m1/s1. The third-order valence-corrected chi connectivity index (χ3v) is 10.3. The van der Waals surface area contributed by atoms with Crippen LogP contribution >= 0.6 is 0 Å². The molecule has 1 N–H and O–H groups in total. The molecule has 1 aliphatic carbocycles. The van der Waals surface area contributed by atoms with Gasteiger partial charge in [-0.05, 0) is 81.8 Å². The lowest BCUT2D eigenvalue weighted by molar-refractivity contribution is -0.140. The minimum absolute atomic E-state index is 0.0972. The van der Waals surface area contributed by atoms with Gasteiger partial charge >= 0.3 is 0 Å². The first-order chi connectivity index (χ1) is 20.5. The van der Waals surface area contributed by atoms with Crippen molar-refractivity contribution in [1.82, 2.24) is 10.2 Å². The molecule has 1 atom stereocenters. The predicted octanol–water partition coefficient (Wildman–Crippen LogP) is 6.37. The Hall–Kier alpha value is -3.65. The number of anilines is 1. The molecule has 7 nitrogen and oxygen atoms in total. The van der Waals surface area contributed by atoms with E-state index < -0.39 is 28.5 Å². The molecular formula is C35H45N3O4S. The first-order valence-electron chi connectivity index (χ1n) is 15.3. The highest BCUT2D eigenvalue weighted by atomic mass is 32.2. The number of hydrogen-bond acceptors (Lipinski definition) is 4. The lowest BCUT2D eigenvalue weighted by Gasteiger charge is -2.35. The summed E-state index contributed by atoms with van der Waals surface area (Å²) in [6, 6.07) is 19.3. The van der Waals surface area contributed by atoms with Crippen LogP contribution in [0, 0.1) is 27.7 Å². The maximum absolute atomic E-state index is 14.4. The average molecular weight is 604 g/mol. The Labute approximate surface area is 257 Å². The first-order valence-corrected chi connectivity index (χ1v) is 16.8. The van der Waals surface area contributed by atoms with E-state index in [1.807, 2.05) is 65.0 Å². The molecule has 0 bridgehead atoms. The molecule has 4 rings (SSSR count). The van der Waals surface area contributed by atoms with E-state index in [1.165, 1.54) is 10.7 Å². The fourth-order valence-corrected chi connectivity index (χ4v) is 7.18.